The molecule has 11 heavy (non-hydrogen) atoms. The van der Waals surface area contributed by atoms with Crippen LogP contribution in [0.3, 0.4) is 0 Å². The van der Waals surface area contributed by atoms with Crippen molar-refractivity contribution in [1.82, 2.24) is 0 Å². The molecule has 0 spiro atoms. The van der Waals surface area contributed by atoms with Gasteiger partial charge in [0, 0.05) is 11.1 Å². The van der Waals surface area contributed by atoms with E-state index in [2.05, 4.69) is 15.9 Å². The molecule has 0 amide bonds. The van der Waals surface area contributed by atoms with Gasteiger partial charge in [0.25, 0.3) is 0 Å². The summed E-state index contributed by atoms with van der Waals surface area (Å²) in [4.78, 5) is 0.734. The molecule has 0 radical (unpaired) electrons. The van der Waals surface area contributed by atoms with Crippen molar-refractivity contribution < 1.29 is 4.55 Å². The average molecular weight is 254 g/mol. The predicted octanol–water partition coefficient (Wildman–Crippen LogP) is 2.84. The normalized spacial score (nSPS) is 13.1. The van der Waals surface area contributed by atoms with Crippen LogP contribution in [0.15, 0.2) is 27.6 Å². The van der Waals surface area contributed by atoms with E-state index in [1.807, 2.05) is 0 Å². The van der Waals surface area contributed by atoms with Gasteiger partial charge >= 0.3 is 0 Å². The maximum atomic E-state index is 11.0. The smallest absolute Gasteiger partial charge is 0.168 e. The van der Waals surface area contributed by atoms with E-state index in [1.165, 1.54) is 0 Å². The van der Waals surface area contributed by atoms with Gasteiger partial charge in [-0.25, -0.2) is 0 Å². The Balaban J connectivity index is 3.13. The Hall–Kier alpha value is 0.300. The van der Waals surface area contributed by atoms with Crippen molar-refractivity contribution in [2.75, 3.05) is 6.26 Å². The molecule has 60 valence electrons. The molecule has 1 aromatic rings. The van der Waals surface area contributed by atoms with Crippen molar-refractivity contribution in [2.24, 2.45) is 0 Å². The molecule has 0 heterocycles. The van der Waals surface area contributed by atoms with Crippen molar-refractivity contribution in [3.8, 4) is 0 Å². The minimum Gasteiger partial charge on any atom is -0.612 e. The molecule has 1 aromatic carbocycles. The number of rotatable bonds is 1. The van der Waals surface area contributed by atoms with Gasteiger partial charge < -0.3 is 4.55 Å². The van der Waals surface area contributed by atoms with Gasteiger partial charge in [0.1, 0.15) is 6.26 Å². The van der Waals surface area contributed by atoms with E-state index < -0.39 is 11.2 Å². The zero-order valence-electron chi connectivity index (χ0n) is 5.80. The number of halogens is 2. The summed E-state index contributed by atoms with van der Waals surface area (Å²) in [5.41, 5.74) is 0. The molecule has 0 bridgehead atoms. The third-order valence-electron chi connectivity index (χ3n) is 1.20. The molecule has 1 nitrogen and oxygen atoms in total. The van der Waals surface area contributed by atoms with Crippen molar-refractivity contribution in [3.63, 3.8) is 0 Å². The first-order valence-electron chi connectivity index (χ1n) is 2.90. The van der Waals surface area contributed by atoms with E-state index in [0.717, 1.165) is 9.37 Å². The second-order valence-electron chi connectivity index (χ2n) is 2.03. The highest BCUT2D eigenvalue weighted by Gasteiger charge is 2.09. The molecule has 0 aromatic heterocycles. The van der Waals surface area contributed by atoms with Gasteiger partial charge in [-0.2, -0.15) is 0 Å². The molecule has 0 fully saturated rings. The van der Waals surface area contributed by atoms with Crippen LogP contribution in [0.25, 0.3) is 0 Å². The van der Waals surface area contributed by atoms with E-state index in [0.29, 0.717) is 5.02 Å². The third-order valence-corrected chi connectivity index (χ3v) is 3.35. The number of benzene rings is 1. The SMILES string of the molecule is C[S+]([O-])c1cc(Cl)ccc1Br. The molecule has 1 rings (SSSR count). The fourth-order valence-electron chi connectivity index (χ4n) is 0.697. The zero-order chi connectivity index (χ0) is 8.43. The van der Waals surface area contributed by atoms with Gasteiger partial charge in [0.15, 0.2) is 4.90 Å². The minimum absolute atomic E-state index is 0.610. The van der Waals surface area contributed by atoms with E-state index in [-0.39, 0.29) is 0 Å². The molecular weight excluding hydrogens is 247 g/mol. The Morgan fingerprint density at radius 3 is 2.64 bits per heavy atom. The summed E-state index contributed by atoms with van der Waals surface area (Å²) in [5, 5.41) is 0.610. The van der Waals surface area contributed by atoms with Crippen molar-refractivity contribution in [1.29, 1.82) is 0 Å². The zero-order valence-corrected chi connectivity index (χ0v) is 8.96. The van der Waals surface area contributed by atoms with E-state index in [1.54, 1.807) is 24.5 Å². The molecule has 0 N–H and O–H groups in total. The van der Waals surface area contributed by atoms with Crippen LogP contribution >= 0.6 is 27.5 Å². The van der Waals surface area contributed by atoms with E-state index in [4.69, 9.17) is 11.6 Å². The van der Waals surface area contributed by atoms with Gasteiger partial charge in [-0.1, -0.05) is 11.6 Å². The molecular formula is C7H6BrClOS. The summed E-state index contributed by atoms with van der Waals surface area (Å²) in [7, 11) is 0. The Morgan fingerprint density at radius 1 is 1.55 bits per heavy atom. The highest BCUT2D eigenvalue weighted by Crippen LogP contribution is 2.24. The molecule has 1 unspecified atom stereocenters. The first kappa shape index (κ1) is 9.39. The van der Waals surface area contributed by atoms with Crippen LogP contribution < -0.4 is 0 Å². The van der Waals surface area contributed by atoms with Crippen molar-refractivity contribution in [3.05, 3.63) is 27.7 Å². The fraction of sp³-hybridized carbons (Fsp3) is 0.143. The molecule has 4 heteroatoms. The standard InChI is InChI=1S/C7H6BrClOS/c1-11(10)7-4-5(9)2-3-6(7)8/h2-4H,1H3. The second-order valence-corrected chi connectivity index (χ2v) is 4.67. The molecule has 0 aliphatic heterocycles. The molecule has 0 aliphatic rings. The Kier molecular flexibility index (Phi) is 3.25. The first-order valence-corrected chi connectivity index (χ1v) is 5.62. The molecule has 0 aliphatic carbocycles. The quantitative estimate of drug-likeness (QED) is 0.706. The summed E-state index contributed by atoms with van der Waals surface area (Å²) >= 11 is 8.00. The lowest BCUT2D eigenvalue weighted by Gasteiger charge is -2.05. The Morgan fingerprint density at radius 2 is 2.18 bits per heavy atom. The Bertz CT molecular complexity index is 265. The van der Waals surface area contributed by atoms with Crippen LogP contribution in [0.2, 0.25) is 5.02 Å². The Labute approximate surface area is 82.1 Å². The first-order chi connectivity index (χ1) is 5.11. The maximum absolute atomic E-state index is 11.0. The highest BCUT2D eigenvalue weighted by molar-refractivity contribution is 9.10. The summed E-state index contributed by atoms with van der Waals surface area (Å²) in [6.45, 7) is 0. The van der Waals surface area contributed by atoms with Crippen LogP contribution in [0.4, 0.5) is 0 Å². The van der Waals surface area contributed by atoms with Gasteiger partial charge in [-0.05, 0) is 39.2 Å². The fourth-order valence-corrected chi connectivity index (χ4v) is 2.50. The topological polar surface area (TPSA) is 23.1 Å². The maximum Gasteiger partial charge on any atom is 0.168 e. The average Bonchev–Trinajstić information content (AvgIpc) is 1.94. The number of hydrogen-bond donors (Lipinski definition) is 0. The lowest BCUT2D eigenvalue weighted by atomic mass is 10.4. The highest BCUT2D eigenvalue weighted by atomic mass is 79.9. The molecule has 0 saturated carbocycles. The molecule has 1 atom stereocenters. The number of hydrogen-bond acceptors (Lipinski definition) is 1. The third kappa shape index (κ3) is 2.37. The largest absolute Gasteiger partial charge is 0.612 e. The lowest BCUT2D eigenvalue weighted by Crippen LogP contribution is -1.97. The summed E-state index contributed by atoms with van der Waals surface area (Å²) in [6, 6.07) is 5.24. The van der Waals surface area contributed by atoms with Crippen LogP contribution in [0, 0.1) is 0 Å². The van der Waals surface area contributed by atoms with Gasteiger partial charge in [-0.15, -0.1) is 0 Å². The lowest BCUT2D eigenvalue weighted by molar-refractivity contribution is 0.600. The van der Waals surface area contributed by atoms with Gasteiger partial charge in [0.2, 0.25) is 0 Å². The van der Waals surface area contributed by atoms with Gasteiger partial charge in [0.05, 0.1) is 4.47 Å². The van der Waals surface area contributed by atoms with Crippen molar-refractivity contribution >= 4 is 38.7 Å². The van der Waals surface area contributed by atoms with E-state index in [9.17, 15) is 4.55 Å². The van der Waals surface area contributed by atoms with E-state index >= 15 is 0 Å². The monoisotopic (exact) mass is 252 g/mol. The van der Waals surface area contributed by atoms with Crippen LogP contribution in [0.1, 0.15) is 0 Å². The van der Waals surface area contributed by atoms with Crippen LogP contribution in [0.5, 0.6) is 0 Å². The molecule has 0 saturated heterocycles. The summed E-state index contributed by atoms with van der Waals surface area (Å²) in [5.74, 6) is 0. The van der Waals surface area contributed by atoms with Crippen LogP contribution in [-0.4, -0.2) is 10.8 Å². The van der Waals surface area contributed by atoms with Gasteiger partial charge in [-0.3, -0.25) is 0 Å². The second kappa shape index (κ2) is 3.81. The van der Waals surface area contributed by atoms with Crippen LogP contribution in [-0.2, 0) is 11.2 Å². The summed E-state index contributed by atoms with van der Waals surface area (Å²) in [6.07, 6.45) is 1.62. The minimum atomic E-state index is -0.982. The summed E-state index contributed by atoms with van der Waals surface area (Å²) < 4.78 is 11.9. The predicted molar refractivity (Wildman–Crippen MR) is 51.5 cm³/mol. The van der Waals surface area contributed by atoms with Crippen molar-refractivity contribution in [2.45, 2.75) is 4.90 Å².